The highest BCUT2D eigenvalue weighted by Gasteiger charge is 2.21. The Hall–Kier alpha value is -3.39. The average molecular weight is 395 g/mol. The third-order valence-corrected chi connectivity index (χ3v) is 5.75. The first-order valence-electron chi connectivity index (χ1n) is 10.3. The minimum absolute atomic E-state index is 0.306. The van der Waals surface area contributed by atoms with Crippen LogP contribution in [0.3, 0.4) is 0 Å². The molecule has 30 heavy (non-hydrogen) atoms. The molecular formula is C28H26O2. The van der Waals surface area contributed by atoms with E-state index in [9.17, 15) is 4.79 Å². The molecule has 0 amide bonds. The van der Waals surface area contributed by atoms with Crippen molar-refractivity contribution >= 4 is 16.7 Å². The van der Waals surface area contributed by atoms with Gasteiger partial charge >= 0.3 is 5.97 Å². The molecule has 2 heteroatoms. The van der Waals surface area contributed by atoms with Crippen molar-refractivity contribution in [1.29, 1.82) is 0 Å². The lowest BCUT2D eigenvalue weighted by molar-refractivity contribution is 0.0601. The lowest BCUT2D eigenvalue weighted by Gasteiger charge is -2.20. The molecule has 150 valence electrons. The molecule has 4 rings (SSSR count). The zero-order valence-corrected chi connectivity index (χ0v) is 18.0. The first-order valence-corrected chi connectivity index (χ1v) is 10.3. The third-order valence-electron chi connectivity index (χ3n) is 5.75. The fraction of sp³-hybridized carbons (Fsp3) is 0.179. The zero-order chi connectivity index (χ0) is 21.3. The monoisotopic (exact) mass is 394 g/mol. The molecule has 0 unspecified atom stereocenters. The van der Waals surface area contributed by atoms with Gasteiger partial charge < -0.3 is 4.74 Å². The van der Waals surface area contributed by atoms with Gasteiger partial charge in [0.15, 0.2) is 0 Å². The number of methoxy groups -OCH3 is 1. The van der Waals surface area contributed by atoms with Gasteiger partial charge in [0.1, 0.15) is 0 Å². The average Bonchev–Trinajstić information content (AvgIpc) is 2.77. The smallest absolute Gasteiger partial charge is 0.338 e. The van der Waals surface area contributed by atoms with Gasteiger partial charge in [-0.05, 0) is 76.1 Å². The summed E-state index contributed by atoms with van der Waals surface area (Å²) in [5.41, 5.74) is 8.41. The van der Waals surface area contributed by atoms with Crippen molar-refractivity contribution < 1.29 is 9.53 Å². The van der Waals surface area contributed by atoms with Gasteiger partial charge in [0.05, 0.1) is 12.7 Å². The second-order valence-electron chi connectivity index (χ2n) is 7.72. The number of rotatable bonds is 4. The highest BCUT2D eigenvalue weighted by atomic mass is 16.5. The third kappa shape index (κ3) is 3.39. The van der Waals surface area contributed by atoms with Crippen LogP contribution in [0.5, 0.6) is 0 Å². The molecular weight excluding hydrogens is 368 g/mol. The van der Waals surface area contributed by atoms with Crippen molar-refractivity contribution in [2.24, 2.45) is 0 Å². The zero-order valence-electron chi connectivity index (χ0n) is 18.0. The van der Waals surface area contributed by atoms with E-state index in [1.165, 1.54) is 34.6 Å². The van der Waals surface area contributed by atoms with Crippen molar-refractivity contribution in [1.82, 2.24) is 0 Å². The summed E-state index contributed by atoms with van der Waals surface area (Å²) < 4.78 is 5.15. The van der Waals surface area contributed by atoms with Crippen molar-refractivity contribution in [3.63, 3.8) is 0 Å². The van der Waals surface area contributed by atoms with Crippen molar-refractivity contribution in [2.45, 2.75) is 27.2 Å². The standard InChI is InChI=1S/C28H26O2/c1-5-20-10-6-8-12-22(20)27-23-13-9-7-11-21(23)14-15-24(27)26-19(3)16-18(2)17-25(26)28(29)30-4/h6-17H,5H2,1-4H3. The summed E-state index contributed by atoms with van der Waals surface area (Å²) in [5, 5.41) is 2.37. The van der Waals surface area contributed by atoms with Crippen LogP contribution in [0.2, 0.25) is 0 Å². The summed E-state index contributed by atoms with van der Waals surface area (Å²) in [5.74, 6) is -0.306. The maximum Gasteiger partial charge on any atom is 0.338 e. The normalized spacial score (nSPS) is 10.9. The maximum atomic E-state index is 12.7. The number of hydrogen-bond donors (Lipinski definition) is 0. The molecule has 0 fully saturated rings. The second-order valence-corrected chi connectivity index (χ2v) is 7.72. The van der Waals surface area contributed by atoms with Crippen LogP contribution in [0.4, 0.5) is 0 Å². The topological polar surface area (TPSA) is 26.3 Å². The van der Waals surface area contributed by atoms with Gasteiger partial charge in [-0.25, -0.2) is 4.79 Å². The number of carbonyl (C=O) groups excluding carboxylic acids is 1. The Kier molecular flexibility index (Phi) is 5.41. The van der Waals surface area contributed by atoms with Crippen LogP contribution in [0, 0.1) is 13.8 Å². The fourth-order valence-corrected chi connectivity index (χ4v) is 4.44. The van der Waals surface area contributed by atoms with E-state index in [1.54, 1.807) is 0 Å². The Labute approximate surface area is 178 Å². The fourth-order valence-electron chi connectivity index (χ4n) is 4.44. The second kappa shape index (κ2) is 8.16. The molecule has 2 nitrogen and oxygen atoms in total. The van der Waals surface area contributed by atoms with Gasteiger partial charge in [-0.2, -0.15) is 0 Å². The molecule has 0 aromatic heterocycles. The van der Waals surface area contributed by atoms with Crippen LogP contribution in [-0.2, 0) is 11.2 Å². The number of fused-ring (bicyclic) bond motifs is 1. The van der Waals surface area contributed by atoms with Crippen LogP contribution in [-0.4, -0.2) is 13.1 Å². The SMILES string of the molecule is CCc1ccccc1-c1c(-c2c(C)cc(C)cc2C(=O)OC)ccc2ccccc12. The van der Waals surface area contributed by atoms with E-state index in [0.29, 0.717) is 5.56 Å². The van der Waals surface area contributed by atoms with Crippen molar-refractivity contribution in [3.8, 4) is 22.3 Å². The molecule has 0 heterocycles. The summed E-state index contributed by atoms with van der Waals surface area (Å²) in [6.45, 7) is 6.26. The molecule has 4 aromatic carbocycles. The molecule has 0 saturated carbocycles. The van der Waals surface area contributed by atoms with Crippen LogP contribution in [0.15, 0.2) is 72.8 Å². The van der Waals surface area contributed by atoms with Gasteiger partial charge in [0, 0.05) is 0 Å². The first kappa shape index (κ1) is 19.9. The van der Waals surface area contributed by atoms with E-state index in [0.717, 1.165) is 28.7 Å². The molecule has 0 radical (unpaired) electrons. The molecule has 0 spiro atoms. The van der Waals surface area contributed by atoms with Crippen LogP contribution in [0.25, 0.3) is 33.0 Å². The molecule has 0 aliphatic rings. The van der Waals surface area contributed by atoms with Gasteiger partial charge in [-0.1, -0.05) is 73.7 Å². The van der Waals surface area contributed by atoms with E-state index in [1.807, 2.05) is 13.0 Å². The highest BCUT2D eigenvalue weighted by Crippen LogP contribution is 2.42. The number of carbonyl (C=O) groups is 1. The lowest BCUT2D eigenvalue weighted by Crippen LogP contribution is -2.06. The summed E-state index contributed by atoms with van der Waals surface area (Å²) in [7, 11) is 1.44. The first-order chi connectivity index (χ1) is 14.5. The number of aryl methyl sites for hydroxylation is 3. The Morgan fingerprint density at radius 3 is 2.33 bits per heavy atom. The number of hydrogen-bond acceptors (Lipinski definition) is 2. The Bertz CT molecular complexity index is 1250. The van der Waals surface area contributed by atoms with E-state index >= 15 is 0 Å². The Morgan fingerprint density at radius 2 is 1.57 bits per heavy atom. The van der Waals surface area contributed by atoms with Crippen LogP contribution < -0.4 is 0 Å². The number of ether oxygens (including phenoxy) is 1. The molecule has 0 aliphatic heterocycles. The molecule has 0 aliphatic carbocycles. The quantitative estimate of drug-likeness (QED) is 0.344. The minimum atomic E-state index is -0.306. The molecule has 0 N–H and O–H groups in total. The summed E-state index contributed by atoms with van der Waals surface area (Å²) in [6, 6.07) is 25.3. The lowest BCUT2D eigenvalue weighted by atomic mass is 9.84. The van der Waals surface area contributed by atoms with E-state index in [4.69, 9.17) is 4.74 Å². The van der Waals surface area contributed by atoms with E-state index in [-0.39, 0.29) is 5.97 Å². The van der Waals surface area contributed by atoms with Gasteiger partial charge in [0.2, 0.25) is 0 Å². The van der Waals surface area contributed by atoms with E-state index in [2.05, 4.69) is 80.6 Å². The predicted molar refractivity (Wildman–Crippen MR) is 125 cm³/mol. The Morgan fingerprint density at radius 1 is 0.833 bits per heavy atom. The van der Waals surface area contributed by atoms with Gasteiger partial charge in [0.25, 0.3) is 0 Å². The Balaban J connectivity index is 2.16. The van der Waals surface area contributed by atoms with Crippen molar-refractivity contribution in [3.05, 3.63) is 95.1 Å². The van der Waals surface area contributed by atoms with Crippen molar-refractivity contribution in [2.75, 3.05) is 7.11 Å². The summed E-state index contributed by atoms with van der Waals surface area (Å²) in [6.07, 6.45) is 0.940. The van der Waals surface area contributed by atoms with Gasteiger partial charge in [-0.15, -0.1) is 0 Å². The maximum absolute atomic E-state index is 12.7. The summed E-state index contributed by atoms with van der Waals surface area (Å²) in [4.78, 5) is 12.7. The molecule has 0 atom stereocenters. The van der Waals surface area contributed by atoms with E-state index < -0.39 is 0 Å². The minimum Gasteiger partial charge on any atom is -0.465 e. The predicted octanol–water partition coefficient (Wildman–Crippen LogP) is 7.14. The molecule has 4 aromatic rings. The summed E-state index contributed by atoms with van der Waals surface area (Å²) >= 11 is 0. The van der Waals surface area contributed by atoms with Crippen LogP contribution in [0.1, 0.15) is 34.0 Å². The number of benzene rings is 4. The van der Waals surface area contributed by atoms with Crippen LogP contribution >= 0.6 is 0 Å². The largest absolute Gasteiger partial charge is 0.465 e. The highest BCUT2D eigenvalue weighted by molar-refractivity contribution is 6.08. The number of esters is 1. The molecule has 0 saturated heterocycles. The molecule has 0 bridgehead atoms. The van der Waals surface area contributed by atoms with Gasteiger partial charge in [-0.3, -0.25) is 0 Å².